The van der Waals surface area contributed by atoms with E-state index in [0.717, 1.165) is 0 Å². The van der Waals surface area contributed by atoms with E-state index in [-0.39, 0.29) is 13.1 Å². The van der Waals surface area contributed by atoms with Gasteiger partial charge in [-0.1, -0.05) is 0 Å². The van der Waals surface area contributed by atoms with Crippen molar-refractivity contribution in [1.82, 2.24) is 0 Å². The molecule has 24 heavy (non-hydrogen) atoms. The molecule has 0 fully saturated rings. The summed E-state index contributed by atoms with van der Waals surface area (Å²) in [7, 11) is 0. The predicted molar refractivity (Wildman–Crippen MR) is 80.3 cm³/mol. The third-order valence-corrected chi connectivity index (χ3v) is 3.13. The highest BCUT2D eigenvalue weighted by Gasteiger charge is 2.29. The summed E-state index contributed by atoms with van der Waals surface area (Å²) < 4.78 is 0. The lowest BCUT2D eigenvalue weighted by molar-refractivity contribution is -0.112. The minimum Gasteiger partial charge on any atom is -0.394 e. The van der Waals surface area contributed by atoms with Crippen molar-refractivity contribution in [3.05, 3.63) is 0 Å². The van der Waals surface area contributed by atoms with Crippen LogP contribution in [0.1, 0.15) is 0 Å². The second kappa shape index (κ2) is 13.8. The fraction of sp³-hybridized carbons (Fsp3) is 1.00. The number of hydrogen-bond donors (Lipinski definition) is 12. The standard InChI is InChI=1S/2C6H15NO5/c2*7-1-3(9)5(11)6(12)4(10)2-8/h2*3-6,8-12H,1-2,7H2/t2*3-,4+,5+,6+/m00/s1. The van der Waals surface area contributed by atoms with Crippen LogP contribution >= 0.6 is 0 Å². The molecule has 0 radical (unpaired) electrons. The molecule has 0 aliphatic rings. The van der Waals surface area contributed by atoms with Crippen LogP contribution < -0.4 is 11.5 Å². The Hall–Kier alpha value is -0.480. The first kappa shape index (κ1) is 25.8. The van der Waals surface area contributed by atoms with E-state index in [0.29, 0.717) is 0 Å². The first-order chi connectivity index (χ1) is 11.1. The fourth-order valence-corrected chi connectivity index (χ4v) is 1.41. The quantitative estimate of drug-likeness (QED) is 0.173. The average molecular weight is 362 g/mol. The van der Waals surface area contributed by atoms with Crippen molar-refractivity contribution in [3.8, 4) is 0 Å². The normalized spacial score (nSPS) is 21.5. The van der Waals surface area contributed by atoms with Gasteiger partial charge in [0.2, 0.25) is 0 Å². The topological polar surface area (TPSA) is 254 Å². The monoisotopic (exact) mass is 362 g/mol. The van der Waals surface area contributed by atoms with Crippen molar-refractivity contribution in [2.24, 2.45) is 11.5 Å². The molecule has 148 valence electrons. The van der Waals surface area contributed by atoms with Crippen LogP contribution in [0.15, 0.2) is 0 Å². The van der Waals surface area contributed by atoms with Crippen molar-refractivity contribution in [3.63, 3.8) is 0 Å². The number of hydrogen-bond acceptors (Lipinski definition) is 12. The highest BCUT2D eigenvalue weighted by atomic mass is 16.4. The van der Waals surface area contributed by atoms with Crippen LogP contribution in [0.3, 0.4) is 0 Å². The molecule has 14 N–H and O–H groups in total. The van der Waals surface area contributed by atoms with Gasteiger partial charge in [-0.15, -0.1) is 0 Å². The van der Waals surface area contributed by atoms with Crippen LogP contribution in [0.5, 0.6) is 0 Å². The molecule has 8 atom stereocenters. The van der Waals surface area contributed by atoms with E-state index in [1.54, 1.807) is 0 Å². The molecule has 0 saturated heterocycles. The Kier molecular flexibility index (Phi) is 14.8. The largest absolute Gasteiger partial charge is 0.394 e. The van der Waals surface area contributed by atoms with E-state index in [9.17, 15) is 0 Å². The molecule has 0 rings (SSSR count). The SMILES string of the molecule is NC[C@H](O)[C@@H](O)[C@H](O)[C@H](O)CO.NC[C@H](O)[C@@H](O)[C@H](O)[C@H](O)CO. The Labute approximate surface area is 138 Å². The van der Waals surface area contributed by atoms with Gasteiger partial charge < -0.3 is 62.5 Å². The molecule has 0 bridgehead atoms. The molecule has 12 heteroatoms. The molecule has 0 heterocycles. The maximum absolute atomic E-state index is 9.04. The minimum absolute atomic E-state index is 0.226. The van der Waals surface area contributed by atoms with Crippen molar-refractivity contribution in [1.29, 1.82) is 0 Å². The van der Waals surface area contributed by atoms with Gasteiger partial charge >= 0.3 is 0 Å². The summed E-state index contributed by atoms with van der Waals surface area (Å²) in [5.74, 6) is 0. The van der Waals surface area contributed by atoms with E-state index in [1.165, 1.54) is 0 Å². The summed E-state index contributed by atoms with van der Waals surface area (Å²) in [6.07, 6.45) is -11.8. The Morgan fingerprint density at radius 2 is 0.667 bits per heavy atom. The molecule has 0 aromatic rings. The zero-order valence-electron chi connectivity index (χ0n) is 13.1. The number of nitrogens with two attached hydrogens (primary N) is 2. The fourth-order valence-electron chi connectivity index (χ4n) is 1.41. The third-order valence-electron chi connectivity index (χ3n) is 3.13. The van der Waals surface area contributed by atoms with Crippen molar-refractivity contribution < 1.29 is 51.1 Å². The molecule has 0 amide bonds. The van der Waals surface area contributed by atoms with E-state index >= 15 is 0 Å². The Bertz CT molecular complexity index is 245. The first-order valence-corrected chi connectivity index (χ1v) is 7.15. The van der Waals surface area contributed by atoms with E-state index in [2.05, 4.69) is 0 Å². The predicted octanol–water partition coefficient (Wildman–Crippen LogP) is -7.24. The molecule has 0 unspecified atom stereocenters. The maximum Gasteiger partial charge on any atom is 0.111 e. The van der Waals surface area contributed by atoms with Gasteiger partial charge in [0, 0.05) is 13.1 Å². The number of rotatable bonds is 10. The van der Waals surface area contributed by atoms with Crippen molar-refractivity contribution >= 4 is 0 Å². The van der Waals surface area contributed by atoms with Gasteiger partial charge in [-0.25, -0.2) is 0 Å². The molecule has 0 spiro atoms. The molecule has 0 aliphatic carbocycles. The van der Waals surface area contributed by atoms with Gasteiger partial charge in [0.25, 0.3) is 0 Å². The second-order valence-electron chi connectivity index (χ2n) is 5.07. The highest BCUT2D eigenvalue weighted by Crippen LogP contribution is 2.04. The van der Waals surface area contributed by atoms with E-state index < -0.39 is 62.0 Å². The lowest BCUT2D eigenvalue weighted by Gasteiger charge is -2.24. The Morgan fingerprint density at radius 3 is 0.833 bits per heavy atom. The van der Waals surface area contributed by atoms with Gasteiger partial charge in [-0.2, -0.15) is 0 Å². The second-order valence-corrected chi connectivity index (χ2v) is 5.07. The Balaban J connectivity index is 0. The first-order valence-electron chi connectivity index (χ1n) is 7.15. The summed E-state index contributed by atoms with van der Waals surface area (Å²) in [6.45, 7) is -1.82. The van der Waals surface area contributed by atoms with Crippen LogP contribution in [0.25, 0.3) is 0 Å². The molecule has 0 aromatic heterocycles. The van der Waals surface area contributed by atoms with Crippen molar-refractivity contribution in [2.45, 2.75) is 48.8 Å². The van der Waals surface area contributed by atoms with Crippen LogP contribution in [-0.4, -0.2) is 126 Å². The lowest BCUT2D eigenvalue weighted by Crippen LogP contribution is -2.48. The summed E-state index contributed by atoms with van der Waals surface area (Å²) in [4.78, 5) is 0. The molecule has 0 saturated carbocycles. The number of aliphatic hydroxyl groups is 10. The molecular formula is C12H30N2O10. The van der Waals surface area contributed by atoms with Crippen LogP contribution in [0.2, 0.25) is 0 Å². The minimum atomic E-state index is -1.59. The zero-order chi connectivity index (χ0) is 19.4. The summed E-state index contributed by atoms with van der Waals surface area (Å²) in [5.41, 5.74) is 9.97. The number of aliphatic hydroxyl groups excluding tert-OH is 10. The van der Waals surface area contributed by atoms with Crippen LogP contribution in [-0.2, 0) is 0 Å². The zero-order valence-corrected chi connectivity index (χ0v) is 13.1. The summed E-state index contributed by atoms with van der Waals surface area (Å²) in [6, 6.07) is 0. The molecule has 0 aromatic carbocycles. The smallest absolute Gasteiger partial charge is 0.111 e. The molecule has 12 nitrogen and oxygen atoms in total. The maximum atomic E-state index is 9.04. The highest BCUT2D eigenvalue weighted by molar-refractivity contribution is 4.81. The van der Waals surface area contributed by atoms with Gasteiger partial charge in [-0.05, 0) is 0 Å². The Morgan fingerprint density at radius 1 is 0.458 bits per heavy atom. The molecule has 0 aliphatic heterocycles. The lowest BCUT2D eigenvalue weighted by atomic mass is 10.0. The van der Waals surface area contributed by atoms with Gasteiger partial charge in [0.05, 0.1) is 25.4 Å². The van der Waals surface area contributed by atoms with Crippen molar-refractivity contribution in [2.75, 3.05) is 26.3 Å². The van der Waals surface area contributed by atoms with Crippen LogP contribution in [0, 0.1) is 0 Å². The van der Waals surface area contributed by atoms with Gasteiger partial charge in [0.15, 0.2) is 0 Å². The van der Waals surface area contributed by atoms with E-state index in [4.69, 9.17) is 62.5 Å². The molecular weight excluding hydrogens is 332 g/mol. The third kappa shape index (κ3) is 9.12. The average Bonchev–Trinajstić information content (AvgIpc) is 2.62. The summed E-state index contributed by atoms with van der Waals surface area (Å²) >= 11 is 0. The van der Waals surface area contributed by atoms with Gasteiger partial charge in [-0.3, -0.25) is 0 Å². The van der Waals surface area contributed by atoms with E-state index in [1.807, 2.05) is 0 Å². The van der Waals surface area contributed by atoms with Crippen LogP contribution in [0.4, 0.5) is 0 Å². The summed E-state index contributed by atoms with van der Waals surface area (Å²) in [5, 5.41) is 88.3. The van der Waals surface area contributed by atoms with Gasteiger partial charge in [0.1, 0.15) is 36.6 Å².